The summed E-state index contributed by atoms with van der Waals surface area (Å²) in [4.78, 5) is 12.0. The minimum Gasteiger partial charge on any atom is -0.507 e. The van der Waals surface area contributed by atoms with Crippen LogP contribution in [0.15, 0.2) is 48.5 Å². The van der Waals surface area contributed by atoms with Gasteiger partial charge in [0.1, 0.15) is 5.75 Å². The van der Waals surface area contributed by atoms with Crippen LogP contribution in [0, 0.1) is 0 Å². The summed E-state index contributed by atoms with van der Waals surface area (Å²) in [6.07, 6.45) is 0.624. The third-order valence-corrected chi connectivity index (χ3v) is 4.00. The zero-order valence-corrected chi connectivity index (χ0v) is 13.2. The van der Waals surface area contributed by atoms with Crippen molar-refractivity contribution in [2.75, 3.05) is 12.3 Å². The summed E-state index contributed by atoms with van der Waals surface area (Å²) in [7, 11) is -3.64. The van der Waals surface area contributed by atoms with Crippen molar-refractivity contribution in [2.24, 2.45) is 5.14 Å². The van der Waals surface area contributed by atoms with E-state index in [-0.39, 0.29) is 23.6 Å². The van der Waals surface area contributed by atoms with Crippen LogP contribution in [-0.2, 0) is 16.4 Å². The lowest BCUT2D eigenvalue weighted by molar-refractivity contribution is 0.0953. The van der Waals surface area contributed by atoms with E-state index in [1.54, 1.807) is 12.1 Å². The van der Waals surface area contributed by atoms with E-state index in [0.29, 0.717) is 6.42 Å². The topological polar surface area (TPSA) is 109 Å². The van der Waals surface area contributed by atoms with Crippen molar-refractivity contribution in [3.63, 3.8) is 0 Å². The maximum atomic E-state index is 12.0. The highest BCUT2D eigenvalue weighted by molar-refractivity contribution is 7.89. The third-order valence-electron chi connectivity index (χ3n) is 3.23. The quantitative estimate of drug-likeness (QED) is 0.732. The number of nitrogens with two attached hydrogens (primary N) is 1. The first-order chi connectivity index (χ1) is 10.8. The first-order valence-corrected chi connectivity index (χ1v) is 8.71. The first-order valence-electron chi connectivity index (χ1n) is 6.99. The number of nitrogens with one attached hydrogen (secondary N) is 1. The number of carbonyl (C=O) groups excluding carboxylic acids is 1. The highest BCUT2D eigenvalue weighted by Crippen LogP contribution is 2.20. The molecule has 2 rings (SSSR count). The van der Waals surface area contributed by atoms with Gasteiger partial charge in [0.05, 0.1) is 11.3 Å². The zero-order chi connectivity index (χ0) is 16.9. The predicted molar refractivity (Wildman–Crippen MR) is 87.7 cm³/mol. The molecular formula is C16H18N2O4S. The van der Waals surface area contributed by atoms with Gasteiger partial charge in [0.15, 0.2) is 0 Å². The summed E-state index contributed by atoms with van der Waals surface area (Å²) in [6, 6.07) is 14.5. The molecule has 0 bridgehead atoms. The summed E-state index contributed by atoms with van der Waals surface area (Å²) in [5, 5.41) is 17.1. The van der Waals surface area contributed by atoms with E-state index >= 15 is 0 Å². The molecule has 0 saturated carbocycles. The third kappa shape index (κ3) is 5.39. The van der Waals surface area contributed by atoms with Crippen LogP contribution in [-0.4, -0.2) is 31.7 Å². The Bertz CT molecular complexity index is 789. The van der Waals surface area contributed by atoms with E-state index in [2.05, 4.69) is 5.32 Å². The summed E-state index contributed by atoms with van der Waals surface area (Å²) >= 11 is 0. The molecule has 0 aliphatic carbocycles. The molecule has 0 fully saturated rings. The molecule has 0 unspecified atom stereocenters. The van der Waals surface area contributed by atoms with Gasteiger partial charge in [0, 0.05) is 6.54 Å². The average molecular weight is 334 g/mol. The Hall–Kier alpha value is -2.38. The summed E-state index contributed by atoms with van der Waals surface area (Å²) < 4.78 is 21.7. The second kappa shape index (κ2) is 7.26. The molecule has 0 aliphatic heterocycles. The molecule has 0 heterocycles. The SMILES string of the molecule is NS(=O)(=O)CCNC(=O)c1cc(Cc2ccccc2)ccc1O. The number of hydrogen-bond acceptors (Lipinski definition) is 4. The summed E-state index contributed by atoms with van der Waals surface area (Å²) in [5.74, 6) is -1.06. The number of sulfonamides is 1. The predicted octanol–water partition coefficient (Wildman–Crippen LogP) is 1.00. The van der Waals surface area contributed by atoms with Crippen molar-refractivity contribution in [3.05, 3.63) is 65.2 Å². The van der Waals surface area contributed by atoms with Crippen LogP contribution in [0.4, 0.5) is 0 Å². The van der Waals surface area contributed by atoms with Crippen molar-refractivity contribution in [3.8, 4) is 5.75 Å². The number of rotatable bonds is 6. The molecule has 0 aliphatic rings. The fourth-order valence-electron chi connectivity index (χ4n) is 2.11. The monoisotopic (exact) mass is 334 g/mol. The fourth-order valence-corrected chi connectivity index (χ4v) is 2.50. The van der Waals surface area contributed by atoms with Crippen LogP contribution >= 0.6 is 0 Å². The molecule has 2 aromatic rings. The normalized spacial score (nSPS) is 11.2. The number of hydrogen-bond donors (Lipinski definition) is 3. The van der Waals surface area contributed by atoms with Crippen molar-refractivity contribution in [1.82, 2.24) is 5.32 Å². The van der Waals surface area contributed by atoms with E-state index < -0.39 is 15.9 Å². The largest absolute Gasteiger partial charge is 0.507 e. The van der Waals surface area contributed by atoms with Crippen LogP contribution in [0.3, 0.4) is 0 Å². The van der Waals surface area contributed by atoms with E-state index in [4.69, 9.17) is 5.14 Å². The van der Waals surface area contributed by atoms with Crippen LogP contribution in [0.25, 0.3) is 0 Å². The van der Waals surface area contributed by atoms with E-state index in [1.807, 2.05) is 30.3 Å². The first kappa shape index (κ1) is 17.0. The molecule has 122 valence electrons. The second-order valence-electron chi connectivity index (χ2n) is 5.14. The fraction of sp³-hybridized carbons (Fsp3) is 0.188. The molecule has 0 atom stereocenters. The minimum absolute atomic E-state index is 0.104. The Balaban J connectivity index is 2.09. The maximum absolute atomic E-state index is 12.0. The molecule has 6 nitrogen and oxygen atoms in total. The highest BCUT2D eigenvalue weighted by atomic mass is 32.2. The molecule has 7 heteroatoms. The van der Waals surface area contributed by atoms with Gasteiger partial charge >= 0.3 is 0 Å². The van der Waals surface area contributed by atoms with Gasteiger partial charge in [-0.05, 0) is 29.7 Å². The van der Waals surface area contributed by atoms with Crippen molar-refractivity contribution >= 4 is 15.9 Å². The molecular weight excluding hydrogens is 316 g/mol. The van der Waals surface area contributed by atoms with Gasteiger partial charge in [-0.2, -0.15) is 0 Å². The summed E-state index contributed by atoms with van der Waals surface area (Å²) in [5.41, 5.74) is 2.05. The Labute approximate surface area is 135 Å². The van der Waals surface area contributed by atoms with Crippen molar-refractivity contribution in [2.45, 2.75) is 6.42 Å². The van der Waals surface area contributed by atoms with Crippen molar-refractivity contribution < 1.29 is 18.3 Å². The van der Waals surface area contributed by atoms with Gasteiger partial charge < -0.3 is 10.4 Å². The van der Waals surface area contributed by atoms with Crippen LogP contribution in [0.1, 0.15) is 21.5 Å². The van der Waals surface area contributed by atoms with E-state index in [9.17, 15) is 18.3 Å². The lowest BCUT2D eigenvalue weighted by Crippen LogP contribution is -2.31. The number of carbonyl (C=O) groups is 1. The van der Waals surface area contributed by atoms with Gasteiger partial charge in [-0.3, -0.25) is 4.79 Å². The second-order valence-corrected chi connectivity index (χ2v) is 6.87. The number of aromatic hydroxyl groups is 1. The van der Waals surface area contributed by atoms with E-state index in [0.717, 1.165) is 11.1 Å². The molecule has 0 saturated heterocycles. The Morgan fingerprint density at radius 3 is 2.43 bits per heavy atom. The minimum atomic E-state index is -3.64. The number of phenolic OH excluding ortho intramolecular Hbond substituents is 1. The molecule has 0 spiro atoms. The molecule has 2 aromatic carbocycles. The average Bonchev–Trinajstić information content (AvgIpc) is 2.49. The molecule has 4 N–H and O–H groups in total. The Morgan fingerprint density at radius 2 is 1.78 bits per heavy atom. The number of phenols is 1. The Morgan fingerprint density at radius 1 is 1.09 bits per heavy atom. The van der Waals surface area contributed by atoms with Gasteiger partial charge in [0.2, 0.25) is 10.0 Å². The number of primary sulfonamides is 1. The highest BCUT2D eigenvalue weighted by Gasteiger charge is 2.13. The van der Waals surface area contributed by atoms with Crippen LogP contribution in [0.2, 0.25) is 0 Å². The van der Waals surface area contributed by atoms with Gasteiger partial charge in [-0.15, -0.1) is 0 Å². The van der Waals surface area contributed by atoms with E-state index in [1.165, 1.54) is 6.07 Å². The number of amides is 1. The zero-order valence-electron chi connectivity index (χ0n) is 12.4. The lowest BCUT2D eigenvalue weighted by atomic mass is 10.0. The summed E-state index contributed by atoms with van der Waals surface area (Å²) in [6.45, 7) is -0.111. The maximum Gasteiger partial charge on any atom is 0.255 e. The van der Waals surface area contributed by atoms with Crippen LogP contribution in [0.5, 0.6) is 5.75 Å². The van der Waals surface area contributed by atoms with Gasteiger partial charge in [0.25, 0.3) is 5.91 Å². The lowest BCUT2D eigenvalue weighted by Gasteiger charge is -2.09. The molecule has 0 radical (unpaired) electrons. The Kier molecular flexibility index (Phi) is 5.36. The van der Waals surface area contributed by atoms with Crippen molar-refractivity contribution in [1.29, 1.82) is 0 Å². The van der Waals surface area contributed by atoms with Gasteiger partial charge in [-0.25, -0.2) is 13.6 Å². The smallest absolute Gasteiger partial charge is 0.255 e. The molecule has 0 aromatic heterocycles. The molecule has 1 amide bonds. The molecule has 23 heavy (non-hydrogen) atoms. The number of benzene rings is 2. The van der Waals surface area contributed by atoms with Crippen LogP contribution < -0.4 is 10.5 Å². The standard InChI is InChI=1S/C16H18N2O4S/c17-23(21,22)9-8-18-16(20)14-11-13(6-7-15(14)19)10-12-4-2-1-3-5-12/h1-7,11,19H,8-10H2,(H,18,20)(H2,17,21,22). The van der Waals surface area contributed by atoms with Gasteiger partial charge in [-0.1, -0.05) is 36.4 Å².